The zero-order valence-corrected chi connectivity index (χ0v) is 13.7. The number of carboxylic acids is 1. The maximum Gasteiger partial charge on any atom is 0.339 e. The Hall–Kier alpha value is -2.54. The average molecular weight is 335 g/mol. The number of rotatable bonds is 4. The van der Waals surface area contributed by atoms with Gasteiger partial charge in [-0.2, -0.15) is 0 Å². The molecule has 0 spiro atoms. The van der Waals surface area contributed by atoms with Gasteiger partial charge in [0.1, 0.15) is 11.3 Å². The van der Waals surface area contributed by atoms with Gasteiger partial charge in [0.15, 0.2) is 0 Å². The Morgan fingerprint density at radius 3 is 2.09 bits per heavy atom. The van der Waals surface area contributed by atoms with Crippen LogP contribution in [-0.2, 0) is 10.0 Å². The lowest BCUT2D eigenvalue weighted by Crippen LogP contribution is -2.16. The summed E-state index contributed by atoms with van der Waals surface area (Å²) in [5, 5.41) is 18.5. The van der Waals surface area contributed by atoms with Crippen molar-refractivity contribution in [3.63, 3.8) is 0 Å². The van der Waals surface area contributed by atoms with Gasteiger partial charge in [0, 0.05) is 6.07 Å². The lowest BCUT2D eigenvalue weighted by Gasteiger charge is -2.14. The molecule has 0 saturated heterocycles. The van der Waals surface area contributed by atoms with Crippen molar-refractivity contribution in [2.24, 2.45) is 0 Å². The van der Waals surface area contributed by atoms with Gasteiger partial charge < -0.3 is 10.2 Å². The molecule has 3 N–H and O–H groups in total. The van der Waals surface area contributed by atoms with Crippen molar-refractivity contribution in [3.8, 4) is 5.75 Å². The molecule has 0 heterocycles. The maximum atomic E-state index is 12.6. The number of hydrogen-bond donors (Lipinski definition) is 3. The van der Waals surface area contributed by atoms with Crippen molar-refractivity contribution in [1.82, 2.24) is 0 Å². The Bertz CT molecular complexity index is 864. The van der Waals surface area contributed by atoms with Gasteiger partial charge >= 0.3 is 5.97 Å². The third kappa shape index (κ3) is 3.45. The Labute approximate surface area is 134 Å². The van der Waals surface area contributed by atoms with Gasteiger partial charge in [0.25, 0.3) is 10.0 Å². The molecular weight excluding hydrogens is 318 g/mol. The molecule has 2 aromatic carbocycles. The highest BCUT2D eigenvalue weighted by molar-refractivity contribution is 7.92. The number of aryl methyl sites for hydroxylation is 3. The summed E-state index contributed by atoms with van der Waals surface area (Å²) in [5.41, 5.74) is 1.98. The molecule has 2 rings (SSSR count). The SMILES string of the molecule is Cc1cc(C)c(S(=O)(=O)Nc2ccc(C(=O)O)c(O)c2)c(C)c1. The molecule has 6 nitrogen and oxygen atoms in total. The van der Waals surface area contributed by atoms with Crippen LogP contribution in [0.3, 0.4) is 0 Å². The normalized spacial score (nSPS) is 11.3. The first kappa shape index (κ1) is 16.8. The van der Waals surface area contributed by atoms with Crippen LogP contribution in [0.1, 0.15) is 27.0 Å². The summed E-state index contributed by atoms with van der Waals surface area (Å²) in [7, 11) is -3.85. The monoisotopic (exact) mass is 335 g/mol. The summed E-state index contributed by atoms with van der Waals surface area (Å²) in [6.45, 7) is 5.30. The summed E-state index contributed by atoms with van der Waals surface area (Å²) in [6, 6.07) is 7.04. The molecule has 0 radical (unpaired) electrons. The highest BCUT2D eigenvalue weighted by Gasteiger charge is 2.21. The maximum absolute atomic E-state index is 12.6. The Morgan fingerprint density at radius 1 is 1.04 bits per heavy atom. The molecule has 0 amide bonds. The Morgan fingerprint density at radius 2 is 1.61 bits per heavy atom. The molecule has 0 aromatic heterocycles. The molecule has 122 valence electrons. The standard InChI is InChI=1S/C16H17NO5S/c1-9-6-10(2)15(11(3)7-9)23(21,22)17-12-4-5-13(16(19)20)14(18)8-12/h4-8,17-18H,1-3H3,(H,19,20). The summed E-state index contributed by atoms with van der Waals surface area (Å²) in [5.74, 6) is -1.79. The third-order valence-electron chi connectivity index (χ3n) is 3.35. The minimum atomic E-state index is -3.85. The summed E-state index contributed by atoms with van der Waals surface area (Å²) in [6.07, 6.45) is 0. The minimum Gasteiger partial charge on any atom is -0.507 e. The van der Waals surface area contributed by atoms with E-state index in [1.54, 1.807) is 26.0 Å². The number of benzene rings is 2. The predicted octanol–water partition coefficient (Wildman–Crippen LogP) is 2.82. The van der Waals surface area contributed by atoms with E-state index in [1.807, 2.05) is 6.92 Å². The van der Waals surface area contributed by atoms with Crippen LogP contribution in [0.15, 0.2) is 35.2 Å². The zero-order valence-electron chi connectivity index (χ0n) is 12.9. The number of anilines is 1. The van der Waals surface area contributed by atoms with E-state index in [4.69, 9.17) is 5.11 Å². The smallest absolute Gasteiger partial charge is 0.339 e. The number of sulfonamides is 1. The molecule has 23 heavy (non-hydrogen) atoms. The molecule has 2 aromatic rings. The van der Waals surface area contributed by atoms with Crippen molar-refractivity contribution in [2.75, 3.05) is 4.72 Å². The van der Waals surface area contributed by atoms with Crippen molar-refractivity contribution >= 4 is 21.7 Å². The second-order valence-corrected chi connectivity index (χ2v) is 6.99. The van der Waals surface area contributed by atoms with E-state index in [0.717, 1.165) is 17.7 Å². The van der Waals surface area contributed by atoms with Crippen LogP contribution in [0, 0.1) is 20.8 Å². The van der Waals surface area contributed by atoms with Crippen LogP contribution in [0.2, 0.25) is 0 Å². The zero-order chi connectivity index (χ0) is 17.4. The summed E-state index contributed by atoms with van der Waals surface area (Å²) < 4.78 is 27.5. The lowest BCUT2D eigenvalue weighted by atomic mass is 10.1. The van der Waals surface area contributed by atoms with Gasteiger partial charge in [-0.05, 0) is 44.0 Å². The van der Waals surface area contributed by atoms with Gasteiger partial charge in [-0.3, -0.25) is 4.72 Å². The molecule has 0 aliphatic rings. The van der Waals surface area contributed by atoms with E-state index in [9.17, 15) is 18.3 Å². The molecule has 7 heteroatoms. The Kier molecular flexibility index (Phi) is 4.33. The van der Waals surface area contributed by atoms with Crippen molar-refractivity contribution in [2.45, 2.75) is 25.7 Å². The van der Waals surface area contributed by atoms with Gasteiger partial charge in [0.05, 0.1) is 10.6 Å². The minimum absolute atomic E-state index is 0.0897. The first-order valence-corrected chi connectivity index (χ1v) is 8.27. The van der Waals surface area contributed by atoms with E-state index < -0.39 is 21.7 Å². The number of carbonyl (C=O) groups is 1. The number of aromatic hydroxyl groups is 1. The van der Waals surface area contributed by atoms with Crippen LogP contribution >= 0.6 is 0 Å². The molecule has 0 aliphatic heterocycles. The van der Waals surface area contributed by atoms with E-state index in [0.29, 0.717) is 11.1 Å². The van der Waals surface area contributed by atoms with E-state index >= 15 is 0 Å². The average Bonchev–Trinajstić information content (AvgIpc) is 2.35. The quantitative estimate of drug-likeness (QED) is 0.797. The van der Waals surface area contributed by atoms with Gasteiger partial charge in [-0.15, -0.1) is 0 Å². The summed E-state index contributed by atoms with van der Waals surface area (Å²) >= 11 is 0. The second-order valence-electron chi connectivity index (χ2n) is 5.37. The van der Waals surface area contributed by atoms with E-state index in [1.165, 1.54) is 6.07 Å². The fourth-order valence-electron chi connectivity index (χ4n) is 2.57. The van der Waals surface area contributed by atoms with Gasteiger partial charge in [-0.25, -0.2) is 13.2 Å². The van der Waals surface area contributed by atoms with Gasteiger partial charge in [-0.1, -0.05) is 17.7 Å². The topological polar surface area (TPSA) is 104 Å². The number of carboxylic acid groups (broad SMARTS) is 1. The number of aromatic carboxylic acids is 1. The second kappa shape index (κ2) is 5.92. The van der Waals surface area contributed by atoms with Crippen LogP contribution < -0.4 is 4.72 Å². The molecule has 0 bridgehead atoms. The first-order chi connectivity index (χ1) is 10.6. The van der Waals surface area contributed by atoms with Crippen LogP contribution in [-0.4, -0.2) is 24.6 Å². The highest BCUT2D eigenvalue weighted by atomic mass is 32.2. The molecule has 0 unspecified atom stereocenters. The summed E-state index contributed by atoms with van der Waals surface area (Å²) in [4.78, 5) is 11.0. The molecule has 0 aliphatic carbocycles. The number of nitrogens with one attached hydrogen (secondary N) is 1. The van der Waals surface area contributed by atoms with Crippen molar-refractivity contribution in [1.29, 1.82) is 0 Å². The predicted molar refractivity (Wildman–Crippen MR) is 86.5 cm³/mol. The van der Waals surface area contributed by atoms with Crippen molar-refractivity contribution < 1.29 is 23.4 Å². The van der Waals surface area contributed by atoms with E-state index in [-0.39, 0.29) is 16.1 Å². The van der Waals surface area contributed by atoms with E-state index in [2.05, 4.69) is 4.72 Å². The number of hydrogen-bond acceptors (Lipinski definition) is 4. The van der Waals surface area contributed by atoms with Crippen LogP contribution in [0.5, 0.6) is 5.75 Å². The fraction of sp³-hybridized carbons (Fsp3) is 0.188. The van der Waals surface area contributed by atoms with Crippen molar-refractivity contribution in [3.05, 3.63) is 52.6 Å². The van der Waals surface area contributed by atoms with Crippen LogP contribution in [0.25, 0.3) is 0 Å². The Balaban J connectivity index is 2.44. The molecule has 0 saturated carbocycles. The number of phenols is 1. The van der Waals surface area contributed by atoms with Gasteiger partial charge in [0.2, 0.25) is 0 Å². The first-order valence-electron chi connectivity index (χ1n) is 6.79. The largest absolute Gasteiger partial charge is 0.507 e. The lowest BCUT2D eigenvalue weighted by molar-refractivity contribution is 0.0694. The molecular formula is C16H17NO5S. The third-order valence-corrected chi connectivity index (χ3v) is 5.04. The molecule has 0 fully saturated rings. The highest BCUT2D eigenvalue weighted by Crippen LogP contribution is 2.27. The van der Waals surface area contributed by atoms with Crippen LogP contribution in [0.4, 0.5) is 5.69 Å². The molecule has 0 atom stereocenters. The fourth-order valence-corrected chi connectivity index (χ4v) is 4.08.